The quantitative estimate of drug-likeness (QED) is 0.162. The number of aromatic nitrogens is 1. The maximum absolute atomic E-state index is 5.26. The van der Waals surface area contributed by atoms with E-state index >= 15 is 0 Å². The first-order valence-electron chi connectivity index (χ1n) is 16.6. The molecular weight excluding hydrogens is 583 g/mol. The molecule has 0 fully saturated rings. The molecule has 0 saturated heterocycles. The lowest BCUT2D eigenvalue weighted by atomic mass is 9.99. The second kappa shape index (κ2) is 12.8. The van der Waals surface area contributed by atoms with Gasteiger partial charge < -0.3 is 4.90 Å². The van der Waals surface area contributed by atoms with Crippen LogP contribution in [0.1, 0.15) is 38.9 Å². The monoisotopic (exact) mass is 623 g/mol. The summed E-state index contributed by atoms with van der Waals surface area (Å²) >= 11 is 0. The van der Waals surface area contributed by atoms with E-state index in [1.807, 2.05) is 6.21 Å². The van der Waals surface area contributed by atoms with Crippen LogP contribution in [0.25, 0.3) is 33.3 Å². The van der Waals surface area contributed by atoms with Gasteiger partial charge in [0.25, 0.3) is 0 Å². The summed E-state index contributed by atoms with van der Waals surface area (Å²) in [6.45, 7) is 12.9. The van der Waals surface area contributed by atoms with E-state index in [0.717, 1.165) is 45.1 Å². The predicted molar refractivity (Wildman–Crippen MR) is 205 cm³/mol. The largest absolute Gasteiger partial charge is 0.311 e. The van der Waals surface area contributed by atoms with Crippen LogP contribution in [0.4, 0.5) is 17.1 Å². The van der Waals surface area contributed by atoms with Crippen molar-refractivity contribution in [1.82, 2.24) is 4.68 Å². The van der Waals surface area contributed by atoms with E-state index < -0.39 is 0 Å². The molecule has 0 aliphatic heterocycles. The van der Waals surface area contributed by atoms with Crippen molar-refractivity contribution in [2.45, 2.75) is 41.5 Å². The molecule has 0 amide bonds. The lowest BCUT2D eigenvalue weighted by Gasteiger charge is -2.25. The molecule has 0 bridgehead atoms. The Morgan fingerprint density at radius 2 is 0.771 bits per heavy atom. The Balaban J connectivity index is 1.36. The van der Waals surface area contributed by atoms with Crippen molar-refractivity contribution in [1.29, 1.82) is 0 Å². The van der Waals surface area contributed by atoms with Crippen molar-refractivity contribution in [2.24, 2.45) is 5.10 Å². The molecule has 6 aromatic carbocycles. The molecular formula is C45H41N3. The van der Waals surface area contributed by atoms with E-state index in [1.54, 1.807) is 0 Å². The fraction of sp³-hybridized carbons (Fsp3) is 0.133. The number of hydrogen-bond donors (Lipinski definition) is 0. The molecule has 1 aromatic heterocycles. The Labute approximate surface area is 284 Å². The van der Waals surface area contributed by atoms with Crippen LogP contribution in [0.5, 0.6) is 0 Å². The van der Waals surface area contributed by atoms with Crippen molar-refractivity contribution in [2.75, 3.05) is 4.90 Å². The highest BCUT2D eigenvalue weighted by Crippen LogP contribution is 2.41. The van der Waals surface area contributed by atoms with Crippen LogP contribution in [0.3, 0.4) is 0 Å². The van der Waals surface area contributed by atoms with E-state index in [-0.39, 0.29) is 0 Å². The zero-order valence-electron chi connectivity index (χ0n) is 28.6. The molecule has 0 saturated carbocycles. The van der Waals surface area contributed by atoms with Crippen LogP contribution < -0.4 is 4.90 Å². The van der Waals surface area contributed by atoms with Crippen molar-refractivity contribution >= 4 is 34.0 Å². The van der Waals surface area contributed by atoms with Gasteiger partial charge in [0, 0.05) is 39.0 Å². The Bertz CT molecular complexity index is 2100. The predicted octanol–water partition coefficient (Wildman–Crippen LogP) is 12.2. The molecule has 0 unspecified atom stereocenters. The second-order valence-corrected chi connectivity index (χ2v) is 13.1. The number of anilines is 3. The van der Waals surface area contributed by atoms with Crippen LogP contribution in [-0.2, 0) is 0 Å². The molecule has 0 radical (unpaired) electrons. The molecule has 0 spiro atoms. The van der Waals surface area contributed by atoms with Gasteiger partial charge in [0.05, 0.1) is 17.6 Å². The van der Waals surface area contributed by atoms with Crippen molar-refractivity contribution in [3.05, 3.63) is 172 Å². The van der Waals surface area contributed by atoms with Gasteiger partial charge >= 0.3 is 0 Å². The Morgan fingerprint density at radius 3 is 1.15 bits per heavy atom. The first-order valence-corrected chi connectivity index (χ1v) is 16.6. The van der Waals surface area contributed by atoms with Gasteiger partial charge in [0.15, 0.2) is 0 Å². The number of hydrogen-bond acceptors (Lipinski definition) is 2. The van der Waals surface area contributed by atoms with E-state index in [1.165, 1.54) is 44.2 Å². The summed E-state index contributed by atoms with van der Waals surface area (Å²) in [5.41, 5.74) is 16.4. The Kier molecular flexibility index (Phi) is 8.29. The van der Waals surface area contributed by atoms with Gasteiger partial charge in [0.2, 0.25) is 0 Å². The summed E-state index contributed by atoms with van der Waals surface area (Å²) in [7, 11) is 0. The summed E-state index contributed by atoms with van der Waals surface area (Å²) < 4.78 is 2.15. The fourth-order valence-corrected chi connectivity index (χ4v) is 6.31. The fourth-order valence-electron chi connectivity index (χ4n) is 6.31. The minimum atomic E-state index is 1.03. The highest BCUT2D eigenvalue weighted by atomic mass is 15.4. The number of benzene rings is 6. The summed E-state index contributed by atoms with van der Waals surface area (Å²) in [4.78, 5) is 2.30. The van der Waals surface area contributed by atoms with Crippen molar-refractivity contribution in [3.63, 3.8) is 0 Å². The van der Waals surface area contributed by atoms with Crippen molar-refractivity contribution < 1.29 is 0 Å². The molecule has 3 heteroatoms. The van der Waals surface area contributed by atoms with E-state index in [0.29, 0.717) is 0 Å². The molecule has 3 nitrogen and oxygen atoms in total. The first kappa shape index (κ1) is 31.0. The standard InChI is InChI=1S/C45H41N3/c1-30-7-17-37(18-8-30)44-42-27-34(5)35(6)28-43(42)45(38-19-9-31(2)10-20-38)48(44)46-29-36-15-25-41(26-16-36)47(39-21-11-32(3)12-22-39)40-23-13-33(4)14-24-40/h7-29H,1-6H3. The summed E-state index contributed by atoms with van der Waals surface area (Å²) in [5, 5.41) is 7.67. The van der Waals surface area contributed by atoms with Gasteiger partial charge in [-0.05, 0) is 107 Å². The van der Waals surface area contributed by atoms with Gasteiger partial charge in [-0.1, -0.05) is 107 Å². The van der Waals surface area contributed by atoms with Crippen LogP contribution in [0, 0.1) is 41.5 Å². The Morgan fingerprint density at radius 1 is 0.438 bits per heavy atom. The molecule has 0 N–H and O–H groups in total. The number of aryl methyl sites for hydroxylation is 6. The first-order chi connectivity index (χ1) is 23.2. The summed E-state index contributed by atoms with van der Waals surface area (Å²) in [6, 6.07) is 48.3. The molecule has 0 aliphatic carbocycles. The minimum Gasteiger partial charge on any atom is -0.311 e. The molecule has 0 aliphatic rings. The molecule has 7 rings (SSSR count). The lowest BCUT2D eigenvalue weighted by Crippen LogP contribution is -2.10. The zero-order chi connectivity index (χ0) is 33.4. The molecule has 7 aromatic rings. The SMILES string of the molecule is Cc1ccc(-c2c3cc(C)c(C)cc3c(-c3ccc(C)cc3)n2N=Cc2ccc(N(c3ccc(C)cc3)c3ccc(C)cc3)cc2)cc1. The number of fused-ring (bicyclic) bond motifs is 1. The van der Waals surface area contributed by atoms with Gasteiger partial charge in [-0.2, -0.15) is 5.10 Å². The van der Waals surface area contributed by atoms with E-state index in [9.17, 15) is 0 Å². The third kappa shape index (κ3) is 6.08. The molecule has 0 atom stereocenters. The molecule has 1 heterocycles. The van der Waals surface area contributed by atoms with E-state index in [2.05, 4.69) is 185 Å². The Hall–Kier alpha value is -5.67. The van der Waals surface area contributed by atoms with Gasteiger partial charge in [-0.15, -0.1) is 0 Å². The second-order valence-electron chi connectivity index (χ2n) is 13.1. The smallest absolute Gasteiger partial charge is 0.0804 e. The van der Waals surface area contributed by atoms with Crippen LogP contribution in [0.2, 0.25) is 0 Å². The average molecular weight is 624 g/mol. The third-order valence-electron chi connectivity index (χ3n) is 9.28. The normalized spacial score (nSPS) is 11.5. The summed E-state index contributed by atoms with van der Waals surface area (Å²) in [6.07, 6.45) is 1.99. The van der Waals surface area contributed by atoms with Gasteiger partial charge in [-0.3, -0.25) is 0 Å². The lowest BCUT2D eigenvalue weighted by molar-refractivity contribution is 0.917. The number of nitrogens with zero attached hydrogens (tertiary/aromatic N) is 3. The number of rotatable bonds is 7. The molecule has 236 valence electrons. The average Bonchev–Trinajstić information content (AvgIpc) is 3.39. The topological polar surface area (TPSA) is 20.5 Å². The zero-order valence-corrected chi connectivity index (χ0v) is 28.6. The van der Waals surface area contributed by atoms with Crippen LogP contribution >= 0.6 is 0 Å². The maximum Gasteiger partial charge on any atom is 0.0804 e. The van der Waals surface area contributed by atoms with Gasteiger partial charge in [-0.25, -0.2) is 4.68 Å². The third-order valence-corrected chi connectivity index (χ3v) is 9.28. The molecule has 48 heavy (non-hydrogen) atoms. The maximum atomic E-state index is 5.26. The summed E-state index contributed by atoms with van der Waals surface area (Å²) in [5.74, 6) is 0. The highest BCUT2D eigenvalue weighted by Gasteiger charge is 2.21. The van der Waals surface area contributed by atoms with Crippen LogP contribution in [-0.4, -0.2) is 10.9 Å². The van der Waals surface area contributed by atoms with Crippen molar-refractivity contribution in [3.8, 4) is 22.5 Å². The highest BCUT2D eigenvalue weighted by molar-refractivity contribution is 6.06. The van der Waals surface area contributed by atoms with E-state index in [4.69, 9.17) is 5.10 Å². The van der Waals surface area contributed by atoms with Gasteiger partial charge in [0.1, 0.15) is 0 Å². The van der Waals surface area contributed by atoms with Crippen LogP contribution in [0.15, 0.2) is 139 Å². The minimum absolute atomic E-state index is 1.03.